The summed E-state index contributed by atoms with van der Waals surface area (Å²) in [5.74, 6) is 0. The average molecular weight is 614 g/mol. The van der Waals surface area contributed by atoms with Gasteiger partial charge in [-0.1, -0.05) is 0 Å². The Bertz CT molecular complexity index is 256. The molecule has 0 aliphatic heterocycles. The zero-order chi connectivity index (χ0) is 7.71. The van der Waals surface area contributed by atoms with Crippen LogP contribution in [0.2, 0.25) is 0 Å². The number of hydrogen-bond donors (Lipinski definition) is 1. The topological polar surface area (TPSA) is 121 Å². The maximum atomic E-state index is 9.49. The molecule has 7 nitrogen and oxygen atoms in total. The number of rotatable bonds is 2. The molecule has 0 radical (unpaired) electrons. The minimum absolute atomic E-state index is 0. The molecule has 1 N–H and O–H groups in total. The summed E-state index contributed by atoms with van der Waals surface area (Å²) in [4.78, 5) is 0. The Hall–Kier alpha value is 3.97. The van der Waals surface area contributed by atoms with Gasteiger partial charge in [0.05, 0.1) is 0 Å². The van der Waals surface area contributed by atoms with Gasteiger partial charge in [0, 0.05) is 0 Å². The van der Waals surface area contributed by atoms with Crippen molar-refractivity contribution in [3.63, 3.8) is 0 Å². The van der Waals surface area contributed by atoms with Crippen molar-refractivity contribution < 1.29 is 189 Å². The van der Waals surface area contributed by atoms with Gasteiger partial charge in [-0.2, -0.15) is 0 Å². The minimum Gasteiger partial charge on any atom is 5.00 e. The van der Waals surface area contributed by atoms with E-state index >= 15 is 0 Å². The van der Waals surface area contributed by atoms with Crippen LogP contribution in [0.15, 0.2) is 0 Å². The van der Waals surface area contributed by atoms with Crippen LogP contribution in [-0.2, 0) is 67.7 Å². The van der Waals surface area contributed by atoms with Crippen LogP contribution in [0, 0.1) is 0 Å². The van der Waals surface area contributed by atoms with Gasteiger partial charge in [-0.15, -0.1) is 0 Å². The van der Waals surface area contributed by atoms with Crippen LogP contribution in [-0.4, -0.2) is 4.16 Å². The van der Waals surface area contributed by atoms with E-state index in [1.807, 2.05) is 0 Å². The molecule has 0 aromatic heterocycles. The summed E-state index contributed by atoms with van der Waals surface area (Å²) in [5, 5.41) is 0. The van der Waals surface area contributed by atoms with Gasteiger partial charge < -0.3 is 62.0 Å². The monoisotopic (exact) mass is 612 g/mol. The quantitative estimate of drug-likeness (QED) is 0.307. The summed E-state index contributed by atoms with van der Waals surface area (Å²) < 4.78 is 57.6. The van der Waals surface area contributed by atoms with Gasteiger partial charge in [0.25, 0.3) is 0 Å². The van der Waals surface area contributed by atoms with Crippen LogP contribution in [0.1, 0.15) is 0 Å². The smallest absolute Gasteiger partial charge is 5.00 e. The molecule has 0 spiro atoms. The first kappa shape index (κ1) is 50.2. The Morgan fingerprint density at radius 3 is 1.06 bits per heavy atom. The van der Waals surface area contributed by atoms with E-state index in [9.17, 15) is 19.4 Å². The third-order valence-electron chi connectivity index (χ3n) is 0.169. The molecular formula is HCl5Cr2KO7Ta. The Morgan fingerprint density at radius 1 is 0.875 bits per heavy atom. The SMILES string of the molecule is [Cl-].[Cl-].[Cl-].[Cl-].[Cl-].[K+].[O]=[Cr](=[O])([O-])[O][Cr](=[O])(=[O])[OH].[Ta+5]. The molecule has 0 amide bonds. The van der Waals surface area contributed by atoms with Crippen molar-refractivity contribution in [2.45, 2.75) is 0 Å². The molecule has 0 bridgehead atoms. The molecule has 0 aromatic rings. The first-order valence-corrected chi connectivity index (χ1v) is 5.56. The van der Waals surface area contributed by atoms with Crippen LogP contribution in [0.4, 0.5) is 0 Å². The molecule has 0 rings (SSSR count). The molecule has 0 unspecified atom stereocenters. The van der Waals surface area contributed by atoms with Gasteiger partial charge in [0.1, 0.15) is 0 Å². The van der Waals surface area contributed by atoms with Crippen molar-refractivity contribution in [2.75, 3.05) is 0 Å². The Labute approximate surface area is 185 Å². The fraction of sp³-hybridized carbons (Fsp3) is 0. The minimum atomic E-state index is -6.01. The van der Waals surface area contributed by atoms with Crippen molar-refractivity contribution in [1.29, 1.82) is 0 Å². The molecule has 0 fully saturated rings. The van der Waals surface area contributed by atoms with Gasteiger partial charge in [0.15, 0.2) is 0 Å². The van der Waals surface area contributed by atoms with E-state index in [1.165, 1.54) is 0 Å². The van der Waals surface area contributed by atoms with Crippen LogP contribution < -0.4 is 118 Å². The van der Waals surface area contributed by atoms with E-state index in [2.05, 4.69) is 2.84 Å². The predicted octanol–water partition coefficient (Wildman–Crippen LogP) is -20.3. The van der Waals surface area contributed by atoms with E-state index < -0.39 is 27.2 Å². The van der Waals surface area contributed by atoms with Crippen LogP contribution in [0.25, 0.3) is 0 Å². The summed E-state index contributed by atoms with van der Waals surface area (Å²) in [6.07, 6.45) is 0. The second-order valence-corrected chi connectivity index (χ2v) is 4.60. The zero-order valence-corrected chi connectivity index (χ0v) is 19.7. The maximum Gasteiger partial charge on any atom is 5.00 e. The van der Waals surface area contributed by atoms with E-state index in [4.69, 9.17) is 4.16 Å². The van der Waals surface area contributed by atoms with Crippen molar-refractivity contribution >= 4 is 0 Å². The van der Waals surface area contributed by atoms with Crippen molar-refractivity contribution in [3.8, 4) is 0 Å². The fourth-order valence-electron chi connectivity index (χ4n) is 0.105. The molecule has 0 aliphatic rings. The van der Waals surface area contributed by atoms with Crippen molar-refractivity contribution in [3.05, 3.63) is 0 Å². The zero-order valence-electron chi connectivity index (χ0n) is 7.05. The molecule has 0 aromatic carbocycles. The van der Waals surface area contributed by atoms with Crippen LogP contribution >= 0.6 is 0 Å². The standard InChI is InChI=1S/5ClH.2Cr.K.H2O.6O.Ta/h5*1H;;;;1H2;;;;;;;/q;;;;;;2*+1;;;;;;;-1;+5/p-6. The molecule has 0 heterocycles. The largest absolute Gasteiger partial charge is 5.00 e. The van der Waals surface area contributed by atoms with Gasteiger partial charge in [-0.3, -0.25) is 0 Å². The van der Waals surface area contributed by atoms with Gasteiger partial charge in [-0.05, 0) is 0 Å². The van der Waals surface area contributed by atoms with Gasteiger partial charge in [0.2, 0.25) is 0 Å². The Balaban J connectivity index is -0.0000000152. The molecular weight excluding hydrogens is 613 g/mol. The Kier molecular flexibility index (Phi) is 66.7. The van der Waals surface area contributed by atoms with E-state index in [1.54, 1.807) is 0 Å². The fourth-order valence-corrected chi connectivity index (χ4v) is 1.79. The van der Waals surface area contributed by atoms with Gasteiger partial charge in [-0.25, -0.2) is 0 Å². The van der Waals surface area contributed by atoms with E-state index in [0.717, 1.165) is 0 Å². The first-order valence-electron chi connectivity index (χ1n) is 1.35. The van der Waals surface area contributed by atoms with Crippen molar-refractivity contribution in [1.82, 2.24) is 0 Å². The summed E-state index contributed by atoms with van der Waals surface area (Å²) in [7, 11) is 0. The maximum absolute atomic E-state index is 9.49. The molecule has 16 heteroatoms. The van der Waals surface area contributed by atoms with E-state index in [0.29, 0.717) is 0 Å². The first-order chi connectivity index (χ1) is 3.71. The summed E-state index contributed by atoms with van der Waals surface area (Å²) in [5.41, 5.74) is 0. The van der Waals surface area contributed by atoms with Crippen LogP contribution in [0.3, 0.4) is 0 Å². The van der Waals surface area contributed by atoms with Gasteiger partial charge >= 0.3 is 127 Å². The molecule has 96 valence electrons. The third kappa shape index (κ3) is 52.1. The molecule has 16 heavy (non-hydrogen) atoms. The molecule has 0 saturated heterocycles. The second-order valence-electron chi connectivity index (χ2n) is 0.904. The summed E-state index contributed by atoms with van der Waals surface area (Å²) in [6, 6.07) is 0. The number of halogens is 5. The molecule has 0 atom stereocenters. The molecule has 0 aliphatic carbocycles. The Morgan fingerprint density at radius 2 is 1.06 bits per heavy atom. The number of hydrogen-bond acceptors (Lipinski definition) is 6. The summed E-state index contributed by atoms with van der Waals surface area (Å²) >= 11 is -11.8. The average Bonchev–Trinajstić information content (AvgIpc) is 1.14. The van der Waals surface area contributed by atoms with Crippen LogP contribution in [0.5, 0.6) is 0 Å². The normalized spacial score (nSPS) is 7.62. The second kappa shape index (κ2) is 21.3. The predicted molar refractivity (Wildman–Crippen MR) is 6.05 cm³/mol. The third-order valence-corrected chi connectivity index (χ3v) is 2.88. The van der Waals surface area contributed by atoms with E-state index in [-0.39, 0.29) is 136 Å². The summed E-state index contributed by atoms with van der Waals surface area (Å²) in [6.45, 7) is 0. The molecule has 0 saturated carbocycles. The van der Waals surface area contributed by atoms with Crippen molar-refractivity contribution in [2.24, 2.45) is 0 Å².